The summed E-state index contributed by atoms with van der Waals surface area (Å²) >= 11 is 0. The van der Waals surface area contributed by atoms with Gasteiger partial charge in [-0.2, -0.15) is 13.2 Å². The molecule has 1 fully saturated rings. The van der Waals surface area contributed by atoms with Crippen LogP contribution in [0, 0.1) is 0 Å². The molecule has 0 radical (unpaired) electrons. The van der Waals surface area contributed by atoms with Gasteiger partial charge in [0.1, 0.15) is 6.54 Å². The zero-order valence-electron chi connectivity index (χ0n) is 9.64. The van der Waals surface area contributed by atoms with Crippen molar-refractivity contribution >= 4 is 5.91 Å². The Hall–Kier alpha value is -0.820. The third-order valence-corrected chi connectivity index (χ3v) is 2.59. The minimum atomic E-state index is -4.37. The van der Waals surface area contributed by atoms with Gasteiger partial charge in [-0.25, -0.2) is 0 Å². The van der Waals surface area contributed by atoms with Gasteiger partial charge < -0.3 is 15.4 Å². The van der Waals surface area contributed by atoms with Crippen molar-refractivity contribution in [3.05, 3.63) is 0 Å². The number of alkyl halides is 3. The number of carbonyl (C=O) groups excluding carboxylic acids is 1. The second-order valence-corrected chi connectivity index (χ2v) is 4.11. The van der Waals surface area contributed by atoms with Crippen molar-refractivity contribution in [1.82, 2.24) is 10.6 Å². The number of rotatable bonds is 5. The zero-order chi connectivity index (χ0) is 12.9. The first-order valence-corrected chi connectivity index (χ1v) is 5.57. The molecule has 1 rings (SSSR count). The van der Waals surface area contributed by atoms with Crippen LogP contribution >= 0.6 is 0 Å². The number of hydrogen-bond acceptors (Lipinski definition) is 3. The lowest BCUT2D eigenvalue weighted by Crippen LogP contribution is -2.44. The Bertz CT molecular complexity index is 252. The van der Waals surface area contributed by atoms with E-state index in [9.17, 15) is 18.0 Å². The van der Waals surface area contributed by atoms with Crippen molar-refractivity contribution in [2.45, 2.75) is 38.1 Å². The van der Waals surface area contributed by atoms with Crippen LogP contribution in [0.2, 0.25) is 0 Å². The fraction of sp³-hybridized carbons (Fsp3) is 0.900. The zero-order valence-corrected chi connectivity index (χ0v) is 9.64. The topological polar surface area (TPSA) is 50.4 Å². The molecular weight excluding hydrogens is 237 g/mol. The molecule has 1 saturated heterocycles. The van der Waals surface area contributed by atoms with Gasteiger partial charge in [0, 0.05) is 12.6 Å². The highest BCUT2D eigenvalue weighted by molar-refractivity contribution is 5.78. The van der Waals surface area contributed by atoms with E-state index in [1.165, 1.54) is 0 Å². The van der Waals surface area contributed by atoms with Crippen LogP contribution in [0.25, 0.3) is 0 Å². The third kappa shape index (κ3) is 5.88. The normalized spacial score (nSPS) is 22.5. The smallest absolute Gasteiger partial charge is 0.377 e. The molecule has 100 valence electrons. The van der Waals surface area contributed by atoms with Crippen molar-refractivity contribution in [3.63, 3.8) is 0 Å². The molecule has 0 saturated carbocycles. The van der Waals surface area contributed by atoms with Gasteiger partial charge in [-0.15, -0.1) is 0 Å². The van der Waals surface area contributed by atoms with Crippen LogP contribution in [-0.4, -0.2) is 43.9 Å². The Labute approximate surface area is 97.9 Å². The Morgan fingerprint density at radius 2 is 2.24 bits per heavy atom. The van der Waals surface area contributed by atoms with Gasteiger partial charge in [0.05, 0.1) is 12.6 Å². The van der Waals surface area contributed by atoms with Gasteiger partial charge in [0.15, 0.2) is 0 Å². The molecule has 2 N–H and O–H groups in total. The molecule has 7 heteroatoms. The lowest BCUT2D eigenvalue weighted by molar-refractivity contribution is -0.138. The molecule has 2 unspecified atom stereocenters. The Morgan fingerprint density at radius 1 is 1.53 bits per heavy atom. The first-order chi connectivity index (χ1) is 7.88. The first-order valence-electron chi connectivity index (χ1n) is 5.57. The Morgan fingerprint density at radius 3 is 2.76 bits per heavy atom. The molecule has 1 amide bonds. The van der Waals surface area contributed by atoms with Gasteiger partial charge in [-0.05, 0) is 19.8 Å². The summed E-state index contributed by atoms with van der Waals surface area (Å²) in [5, 5.41) is 4.66. The summed E-state index contributed by atoms with van der Waals surface area (Å²) in [6, 6.07) is -0.0332. The van der Waals surface area contributed by atoms with E-state index < -0.39 is 18.6 Å². The van der Waals surface area contributed by atoms with E-state index in [0.29, 0.717) is 6.61 Å². The maximum absolute atomic E-state index is 11.8. The van der Waals surface area contributed by atoms with Gasteiger partial charge in [0.25, 0.3) is 0 Å². The number of carbonyl (C=O) groups is 1. The third-order valence-electron chi connectivity index (χ3n) is 2.59. The van der Waals surface area contributed by atoms with E-state index in [0.717, 1.165) is 12.8 Å². The molecule has 2 atom stereocenters. The molecule has 17 heavy (non-hydrogen) atoms. The summed E-state index contributed by atoms with van der Waals surface area (Å²) in [5.41, 5.74) is 0. The SMILES string of the molecule is CC(NCC(=O)NCC(F)(F)F)C1CCCO1. The van der Waals surface area contributed by atoms with Crippen molar-refractivity contribution in [2.75, 3.05) is 19.7 Å². The standard InChI is InChI=1S/C10H17F3N2O2/c1-7(8-3-2-4-17-8)14-5-9(16)15-6-10(11,12)13/h7-8,14H,2-6H2,1H3,(H,15,16). The van der Waals surface area contributed by atoms with E-state index in [1.807, 2.05) is 6.92 Å². The van der Waals surface area contributed by atoms with Gasteiger partial charge in [-0.3, -0.25) is 4.79 Å². The average Bonchev–Trinajstić information content (AvgIpc) is 2.75. The van der Waals surface area contributed by atoms with E-state index in [2.05, 4.69) is 5.32 Å². The number of halogens is 3. The average molecular weight is 254 g/mol. The van der Waals surface area contributed by atoms with Crippen LogP contribution in [0.1, 0.15) is 19.8 Å². The number of amides is 1. The minimum absolute atomic E-state index is 0.0332. The molecule has 0 aromatic rings. The predicted molar refractivity (Wildman–Crippen MR) is 55.5 cm³/mol. The Balaban J connectivity index is 2.14. The summed E-state index contributed by atoms with van der Waals surface area (Å²) < 4.78 is 40.8. The van der Waals surface area contributed by atoms with Crippen LogP contribution in [0.5, 0.6) is 0 Å². The maximum atomic E-state index is 11.8. The summed E-state index contributed by atoms with van der Waals surface area (Å²) in [4.78, 5) is 11.1. The molecule has 0 bridgehead atoms. The first kappa shape index (κ1) is 14.2. The Kier molecular flexibility index (Phi) is 5.20. The van der Waals surface area contributed by atoms with Crippen LogP contribution < -0.4 is 10.6 Å². The minimum Gasteiger partial charge on any atom is -0.377 e. The predicted octanol–water partition coefficient (Wildman–Crippen LogP) is 0.822. The largest absolute Gasteiger partial charge is 0.405 e. The second kappa shape index (κ2) is 6.20. The molecule has 0 aromatic carbocycles. The number of nitrogens with one attached hydrogen (secondary N) is 2. The highest BCUT2D eigenvalue weighted by atomic mass is 19.4. The van der Waals surface area contributed by atoms with Gasteiger partial charge in [0.2, 0.25) is 5.91 Å². The van der Waals surface area contributed by atoms with Crippen molar-refractivity contribution < 1.29 is 22.7 Å². The van der Waals surface area contributed by atoms with Crippen LogP contribution in [-0.2, 0) is 9.53 Å². The maximum Gasteiger partial charge on any atom is 0.405 e. The quantitative estimate of drug-likeness (QED) is 0.763. The summed E-state index contributed by atoms with van der Waals surface area (Å²) in [5.74, 6) is -0.660. The molecular formula is C10H17F3N2O2. The molecule has 4 nitrogen and oxygen atoms in total. The molecule has 0 spiro atoms. The van der Waals surface area contributed by atoms with Crippen molar-refractivity contribution in [1.29, 1.82) is 0 Å². The molecule has 1 heterocycles. The van der Waals surface area contributed by atoms with Crippen molar-refractivity contribution in [2.24, 2.45) is 0 Å². The monoisotopic (exact) mass is 254 g/mol. The molecule has 1 aliphatic rings. The molecule has 1 aliphatic heterocycles. The fourth-order valence-corrected chi connectivity index (χ4v) is 1.64. The lowest BCUT2D eigenvalue weighted by Gasteiger charge is -2.19. The van der Waals surface area contributed by atoms with E-state index in [1.54, 1.807) is 5.32 Å². The molecule has 0 aromatic heterocycles. The lowest BCUT2D eigenvalue weighted by atomic mass is 10.1. The van der Waals surface area contributed by atoms with Crippen LogP contribution in [0.15, 0.2) is 0 Å². The highest BCUT2D eigenvalue weighted by Gasteiger charge is 2.28. The number of ether oxygens (including phenoxy) is 1. The second-order valence-electron chi connectivity index (χ2n) is 4.11. The van der Waals surface area contributed by atoms with E-state index in [4.69, 9.17) is 4.74 Å². The van der Waals surface area contributed by atoms with E-state index >= 15 is 0 Å². The van der Waals surface area contributed by atoms with Crippen LogP contribution in [0.4, 0.5) is 13.2 Å². The van der Waals surface area contributed by atoms with Crippen molar-refractivity contribution in [3.8, 4) is 0 Å². The molecule has 0 aliphatic carbocycles. The summed E-state index contributed by atoms with van der Waals surface area (Å²) in [7, 11) is 0. The fourth-order valence-electron chi connectivity index (χ4n) is 1.64. The van der Waals surface area contributed by atoms with E-state index in [-0.39, 0.29) is 18.7 Å². The van der Waals surface area contributed by atoms with Gasteiger partial charge >= 0.3 is 6.18 Å². The highest BCUT2D eigenvalue weighted by Crippen LogP contribution is 2.15. The summed E-state index contributed by atoms with van der Waals surface area (Å²) in [6.45, 7) is 1.14. The van der Waals surface area contributed by atoms with Gasteiger partial charge in [-0.1, -0.05) is 0 Å². The van der Waals surface area contributed by atoms with Crippen LogP contribution in [0.3, 0.4) is 0 Å². The number of hydrogen-bond donors (Lipinski definition) is 2. The summed E-state index contributed by atoms with van der Waals surface area (Å²) in [6.07, 6.45) is -2.42.